The van der Waals surface area contributed by atoms with Gasteiger partial charge in [-0.25, -0.2) is 13.1 Å². The first kappa shape index (κ1) is 14.0. The lowest BCUT2D eigenvalue weighted by Crippen LogP contribution is -2.30. The van der Waals surface area contributed by atoms with E-state index in [0.717, 1.165) is 16.3 Å². The smallest absolute Gasteiger partial charge is 0.244 e. The molecule has 0 spiro atoms. The van der Waals surface area contributed by atoms with Gasteiger partial charge in [0.25, 0.3) is 0 Å². The van der Waals surface area contributed by atoms with Crippen molar-refractivity contribution in [3.05, 3.63) is 22.7 Å². The molecule has 4 unspecified atom stereocenters. The van der Waals surface area contributed by atoms with Crippen molar-refractivity contribution in [3.63, 3.8) is 0 Å². The number of methoxy groups -OCH3 is 1. The van der Waals surface area contributed by atoms with Crippen LogP contribution in [0.25, 0.3) is 0 Å². The van der Waals surface area contributed by atoms with Gasteiger partial charge in [0.15, 0.2) is 0 Å². The first-order chi connectivity index (χ1) is 10.0. The van der Waals surface area contributed by atoms with Crippen LogP contribution in [-0.4, -0.2) is 21.6 Å². The minimum atomic E-state index is -3.53. The molecule has 3 aliphatic rings. The third-order valence-corrected chi connectivity index (χ3v) is 7.42. The van der Waals surface area contributed by atoms with Gasteiger partial charge in [-0.15, -0.1) is 0 Å². The highest BCUT2D eigenvalue weighted by Gasteiger charge is 2.65. The van der Waals surface area contributed by atoms with E-state index >= 15 is 0 Å². The van der Waals surface area contributed by atoms with Crippen molar-refractivity contribution in [2.45, 2.75) is 30.2 Å². The van der Waals surface area contributed by atoms with Gasteiger partial charge in [-0.1, -0.05) is 15.9 Å². The molecule has 1 aromatic carbocycles. The van der Waals surface area contributed by atoms with Gasteiger partial charge in [0.1, 0.15) is 10.6 Å². The van der Waals surface area contributed by atoms with Crippen LogP contribution >= 0.6 is 15.9 Å². The van der Waals surface area contributed by atoms with E-state index in [-0.39, 0.29) is 10.9 Å². The molecule has 3 aliphatic carbocycles. The Morgan fingerprint density at radius 3 is 2.52 bits per heavy atom. The first-order valence-electron chi connectivity index (χ1n) is 7.37. The maximum Gasteiger partial charge on any atom is 0.244 e. The quantitative estimate of drug-likeness (QED) is 0.884. The molecule has 2 bridgehead atoms. The standard InChI is InChI=1S/C15H18BrNO3S/c1-20-11-5-4-10(16)7-12(11)21(18,19)17-15-13-8-2-3-9(6-8)14(13)15/h4-5,7-9,13-15,17H,2-3,6H2,1H3. The lowest BCUT2D eigenvalue weighted by atomic mass is 10.0. The number of ether oxygens (including phenoxy) is 1. The van der Waals surface area contributed by atoms with Gasteiger partial charge in [-0.05, 0) is 61.1 Å². The molecular formula is C15H18BrNO3S. The summed E-state index contributed by atoms with van der Waals surface area (Å²) in [5.74, 6) is 3.04. The van der Waals surface area contributed by atoms with Crippen molar-refractivity contribution in [2.24, 2.45) is 23.7 Å². The summed E-state index contributed by atoms with van der Waals surface area (Å²) in [4.78, 5) is 0.219. The molecule has 4 rings (SSSR count). The lowest BCUT2D eigenvalue weighted by molar-refractivity contribution is 0.401. The fraction of sp³-hybridized carbons (Fsp3) is 0.600. The highest BCUT2D eigenvalue weighted by Crippen LogP contribution is 2.65. The van der Waals surface area contributed by atoms with Gasteiger partial charge >= 0.3 is 0 Å². The second-order valence-electron chi connectivity index (χ2n) is 6.43. The van der Waals surface area contributed by atoms with Gasteiger partial charge in [0.05, 0.1) is 7.11 Å². The SMILES string of the molecule is COc1ccc(Br)cc1S(=O)(=O)NC1C2C3CCC(C3)C12. The molecule has 4 nitrogen and oxygen atoms in total. The molecule has 0 aromatic heterocycles. The second kappa shape index (κ2) is 4.70. The van der Waals surface area contributed by atoms with Crippen molar-refractivity contribution in [3.8, 4) is 5.75 Å². The molecule has 3 saturated carbocycles. The summed E-state index contributed by atoms with van der Waals surface area (Å²) in [7, 11) is -2.03. The second-order valence-corrected chi connectivity index (χ2v) is 9.03. The minimum Gasteiger partial charge on any atom is -0.495 e. The van der Waals surface area contributed by atoms with Crippen LogP contribution < -0.4 is 9.46 Å². The summed E-state index contributed by atoms with van der Waals surface area (Å²) >= 11 is 3.33. The Labute approximate surface area is 133 Å². The van der Waals surface area contributed by atoms with E-state index in [1.54, 1.807) is 18.2 Å². The third-order valence-electron chi connectivity index (χ3n) is 5.44. The Morgan fingerprint density at radius 2 is 1.90 bits per heavy atom. The van der Waals surface area contributed by atoms with Gasteiger partial charge < -0.3 is 4.74 Å². The molecule has 21 heavy (non-hydrogen) atoms. The topological polar surface area (TPSA) is 55.4 Å². The van der Waals surface area contributed by atoms with Crippen LogP contribution in [0.1, 0.15) is 19.3 Å². The maximum absolute atomic E-state index is 12.7. The van der Waals surface area contributed by atoms with Crippen LogP contribution in [0, 0.1) is 23.7 Å². The number of fused-ring (bicyclic) bond motifs is 5. The average molecular weight is 372 g/mol. The molecule has 0 saturated heterocycles. The molecule has 0 amide bonds. The predicted molar refractivity (Wildman–Crippen MR) is 82.6 cm³/mol. The Balaban J connectivity index is 1.59. The predicted octanol–water partition coefficient (Wildman–Crippen LogP) is 2.78. The Kier molecular flexibility index (Phi) is 3.14. The number of hydrogen-bond acceptors (Lipinski definition) is 3. The molecule has 4 atom stereocenters. The summed E-state index contributed by atoms with van der Waals surface area (Å²) in [5, 5.41) is 0. The van der Waals surface area contributed by atoms with E-state index in [4.69, 9.17) is 4.74 Å². The Morgan fingerprint density at radius 1 is 1.24 bits per heavy atom. The van der Waals surface area contributed by atoms with E-state index in [9.17, 15) is 8.42 Å². The summed E-state index contributed by atoms with van der Waals surface area (Å²) in [6.07, 6.45) is 3.88. The average Bonchev–Trinajstić information content (AvgIpc) is 2.85. The highest BCUT2D eigenvalue weighted by molar-refractivity contribution is 9.10. The van der Waals surface area contributed by atoms with Crippen LogP contribution in [0.3, 0.4) is 0 Å². The van der Waals surface area contributed by atoms with Crippen LogP contribution in [0.15, 0.2) is 27.6 Å². The van der Waals surface area contributed by atoms with Crippen molar-refractivity contribution in [1.29, 1.82) is 0 Å². The fourth-order valence-corrected chi connectivity index (χ4v) is 6.60. The van der Waals surface area contributed by atoms with Crippen LogP contribution in [0.4, 0.5) is 0 Å². The minimum absolute atomic E-state index is 0.143. The van der Waals surface area contributed by atoms with Crippen LogP contribution in [0.2, 0.25) is 0 Å². The molecule has 3 fully saturated rings. The highest BCUT2D eigenvalue weighted by atomic mass is 79.9. The molecule has 0 radical (unpaired) electrons. The largest absolute Gasteiger partial charge is 0.495 e. The molecule has 1 N–H and O–H groups in total. The number of halogens is 1. The van der Waals surface area contributed by atoms with E-state index in [2.05, 4.69) is 20.7 Å². The van der Waals surface area contributed by atoms with Crippen molar-refractivity contribution < 1.29 is 13.2 Å². The van der Waals surface area contributed by atoms with Gasteiger partial charge in [-0.2, -0.15) is 0 Å². The molecule has 1 aromatic rings. The number of sulfonamides is 1. The van der Waals surface area contributed by atoms with Gasteiger partial charge in [0.2, 0.25) is 10.0 Å². The molecule has 6 heteroatoms. The van der Waals surface area contributed by atoms with Crippen molar-refractivity contribution in [2.75, 3.05) is 7.11 Å². The Bertz CT molecular complexity index is 674. The zero-order valence-electron chi connectivity index (χ0n) is 11.8. The van der Waals surface area contributed by atoms with Crippen LogP contribution in [0.5, 0.6) is 5.75 Å². The van der Waals surface area contributed by atoms with Crippen LogP contribution in [-0.2, 0) is 10.0 Å². The molecule has 0 aliphatic heterocycles. The van der Waals surface area contributed by atoms with E-state index in [1.807, 2.05) is 0 Å². The monoisotopic (exact) mass is 371 g/mol. The summed E-state index contributed by atoms with van der Waals surface area (Å²) in [6.45, 7) is 0. The molecule has 114 valence electrons. The summed E-state index contributed by atoms with van der Waals surface area (Å²) < 4.78 is 34.2. The van der Waals surface area contributed by atoms with Crippen molar-refractivity contribution in [1.82, 2.24) is 4.72 Å². The lowest BCUT2D eigenvalue weighted by Gasteiger charge is -2.13. The van der Waals surface area contributed by atoms with Crippen molar-refractivity contribution >= 4 is 26.0 Å². The van der Waals surface area contributed by atoms with E-state index in [0.29, 0.717) is 17.6 Å². The third kappa shape index (κ3) is 2.14. The zero-order chi connectivity index (χ0) is 14.8. The number of benzene rings is 1. The summed E-state index contributed by atoms with van der Waals surface area (Å²) in [5.41, 5.74) is 0. The zero-order valence-corrected chi connectivity index (χ0v) is 14.2. The van der Waals surface area contributed by atoms with Gasteiger partial charge in [-0.3, -0.25) is 0 Å². The first-order valence-corrected chi connectivity index (χ1v) is 9.65. The maximum atomic E-state index is 12.7. The van der Waals surface area contributed by atoms with Gasteiger partial charge in [0, 0.05) is 10.5 Å². The summed E-state index contributed by atoms with van der Waals surface area (Å²) in [6, 6.07) is 5.21. The van der Waals surface area contributed by atoms with E-state index < -0.39 is 10.0 Å². The van der Waals surface area contributed by atoms with E-state index in [1.165, 1.54) is 26.4 Å². The fourth-order valence-electron chi connectivity index (χ4n) is 4.59. The Hall–Kier alpha value is -0.590. The number of hydrogen-bond donors (Lipinski definition) is 1. The molecule has 0 heterocycles. The normalized spacial score (nSPS) is 36.6. The number of nitrogens with one attached hydrogen (secondary N) is 1. The number of rotatable bonds is 4. The molecular weight excluding hydrogens is 354 g/mol.